The van der Waals surface area contributed by atoms with Crippen molar-refractivity contribution in [2.75, 3.05) is 5.75 Å². The summed E-state index contributed by atoms with van der Waals surface area (Å²) < 4.78 is 7.76. The number of thioether (sulfide) groups is 1. The van der Waals surface area contributed by atoms with Gasteiger partial charge in [0.15, 0.2) is 17.1 Å². The molecular weight excluding hydrogens is 360 g/mol. The minimum atomic E-state index is -0.244. The summed E-state index contributed by atoms with van der Waals surface area (Å²) in [4.78, 5) is 12.1. The SMILES string of the molecule is C[C@@H](Oc1ccccc1)c1nnc(SCC(=O)NCc2ccccc2)n1C. The van der Waals surface area contributed by atoms with Crippen LogP contribution >= 0.6 is 11.8 Å². The van der Waals surface area contributed by atoms with Gasteiger partial charge in [-0.2, -0.15) is 0 Å². The fourth-order valence-electron chi connectivity index (χ4n) is 2.54. The van der Waals surface area contributed by atoms with Gasteiger partial charge in [0.1, 0.15) is 5.75 Å². The first kappa shape index (κ1) is 19.0. The lowest BCUT2D eigenvalue weighted by atomic mass is 10.2. The van der Waals surface area contributed by atoms with E-state index in [1.54, 1.807) is 0 Å². The summed E-state index contributed by atoms with van der Waals surface area (Å²) in [7, 11) is 1.88. The molecule has 3 rings (SSSR count). The Hall–Kier alpha value is -2.80. The fourth-order valence-corrected chi connectivity index (χ4v) is 3.29. The highest BCUT2D eigenvalue weighted by atomic mass is 32.2. The highest BCUT2D eigenvalue weighted by Gasteiger charge is 2.18. The van der Waals surface area contributed by atoms with Crippen molar-refractivity contribution in [1.82, 2.24) is 20.1 Å². The van der Waals surface area contributed by atoms with E-state index in [1.165, 1.54) is 11.8 Å². The number of rotatable bonds is 8. The van der Waals surface area contributed by atoms with Crippen molar-refractivity contribution < 1.29 is 9.53 Å². The van der Waals surface area contributed by atoms with Gasteiger partial charge in [0.05, 0.1) is 5.75 Å². The number of benzene rings is 2. The number of carbonyl (C=O) groups is 1. The summed E-state index contributed by atoms with van der Waals surface area (Å²) in [6.45, 7) is 2.45. The number of para-hydroxylation sites is 1. The molecule has 1 heterocycles. The van der Waals surface area contributed by atoms with Gasteiger partial charge in [-0.05, 0) is 24.6 Å². The molecule has 0 unspecified atom stereocenters. The average Bonchev–Trinajstić information content (AvgIpc) is 3.07. The lowest BCUT2D eigenvalue weighted by Crippen LogP contribution is -2.24. The van der Waals surface area contributed by atoms with Crippen LogP contribution in [-0.2, 0) is 18.4 Å². The van der Waals surface area contributed by atoms with Crippen LogP contribution in [0.1, 0.15) is 24.4 Å². The number of carbonyl (C=O) groups excluding carboxylic acids is 1. The Labute approximate surface area is 163 Å². The quantitative estimate of drug-likeness (QED) is 0.605. The predicted octanol–water partition coefficient (Wildman–Crippen LogP) is 3.36. The Morgan fingerprint density at radius 2 is 1.78 bits per heavy atom. The Bertz CT molecular complexity index is 868. The smallest absolute Gasteiger partial charge is 0.230 e. The first-order valence-electron chi connectivity index (χ1n) is 8.68. The first-order valence-corrected chi connectivity index (χ1v) is 9.66. The monoisotopic (exact) mass is 382 g/mol. The van der Waals surface area contributed by atoms with Crippen molar-refractivity contribution in [3.8, 4) is 5.75 Å². The second-order valence-corrected chi connectivity index (χ2v) is 6.97. The van der Waals surface area contributed by atoms with Crippen LogP contribution in [0.4, 0.5) is 0 Å². The standard InChI is InChI=1S/C20H22N4O2S/c1-15(26-17-11-7-4-8-12-17)19-22-23-20(24(19)2)27-14-18(25)21-13-16-9-5-3-6-10-16/h3-12,15H,13-14H2,1-2H3,(H,21,25)/t15-/m1/s1. The van der Waals surface area contributed by atoms with Gasteiger partial charge in [0.2, 0.25) is 5.91 Å². The van der Waals surface area contributed by atoms with Gasteiger partial charge in [-0.25, -0.2) is 0 Å². The number of hydrogen-bond donors (Lipinski definition) is 1. The van der Waals surface area contributed by atoms with Crippen LogP contribution in [0.25, 0.3) is 0 Å². The van der Waals surface area contributed by atoms with E-state index in [9.17, 15) is 4.79 Å². The number of aromatic nitrogens is 3. The van der Waals surface area contributed by atoms with Gasteiger partial charge in [0.25, 0.3) is 0 Å². The molecule has 0 saturated carbocycles. The van der Waals surface area contributed by atoms with E-state index in [0.717, 1.165) is 11.3 Å². The van der Waals surface area contributed by atoms with Crippen molar-refractivity contribution in [3.63, 3.8) is 0 Å². The molecule has 1 atom stereocenters. The summed E-state index contributed by atoms with van der Waals surface area (Å²) in [5, 5.41) is 12.0. The van der Waals surface area contributed by atoms with E-state index in [1.807, 2.05) is 79.2 Å². The number of amides is 1. The highest BCUT2D eigenvalue weighted by molar-refractivity contribution is 7.99. The molecule has 0 aliphatic rings. The Kier molecular flexibility index (Phi) is 6.49. The Balaban J connectivity index is 1.51. The van der Waals surface area contributed by atoms with Gasteiger partial charge < -0.3 is 14.6 Å². The summed E-state index contributed by atoms with van der Waals surface area (Å²) in [5.41, 5.74) is 1.07. The molecule has 6 nitrogen and oxygen atoms in total. The van der Waals surface area contributed by atoms with E-state index in [4.69, 9.17) is 4.74 Å². The second kappa shape index (κ2) is 9.23. The lowest BCUT2D eigenvalue weighted by Gasteiger charge is -2.14. The minimum absolute atomic E-state index is 0.0398. The van der Waals surface area contributed by atoms with Gasteiger partial charge >= 0.3 is 0 Å². The first-order chi connectivity index (χ1) is 13.1. The maximum Gasteiger partial charge on any atom is 0.230 e. The van der Waals surface area contributed by atoms with E-state index in [-0.39, 0.29) is 17.8 Å². The van der Waals surface area contributed by atoms with Crippen LogP contribution in [0.3, 0.4) is 0 Å². The lowest BCUT2D eigenvalue weighted by molar-refractivity contribution is -0.118. The maximum absolute atomic E-state index is 12.1. The van der Waals surface area contributed by atoms with Crippen LogP contribution in [-0.4, -0.2) is 26.4 Å². The predicted molar refractivity (Wildman–Crippen MR) is 106 cm³/mol. The molecule has 27 heavy (non-hydrogen) atoms. The zero-order chi connectivity index (χ0) is 19.1. The minimum Gasteiger partial charge on any atom is -0.483 e. The third kappa shape index (κ3) is 5.34. The van der Waals surface area contributed by atoms with Crippen molar-refractivity contribution in [1.29, 1.82) is 0 Å². The van der Waals surface area contributed by atoms with Crippen molar-refractivity contribution >= 4 is 17.7 Å². The molecule has 1 N–H and O–H groups in total. The zero-order valence-electron chi connectivity index (χ0n) is 15.3. The van der Waals surface area contributed by atoms with Gasteiger partial charge in [-0.1, -0.05) is 60.3 Å². The second-order valence-electron chi connectivity index (χ2n) is 6.02. The van der Waals surface area contributed by atoms with Gasteiger partial charge in [-0.15, -0.1) is 10.2 Å². The topological polar surface area (TPSA) is 69.0 Å². The van der Waals surface area contributed by atoms with Crippen LogP contribution < -0.4 is 10.1 Å². The molecular formula is C20H22N4O2S. The van der Waals surface area contributed by atoms with Crippen LogP contribution in [0.2, 0.25) is 0 Å². The van der Waals surface area contributed by atoms with E-state index < -0.39 is 0 Å². The fraction of sp³-hybridized carbons (Fsp3) is 0.250. The molecule has 0 aliphatic heterocycles. The molecule has 2 aromatic carbocycles. The number of nitrogens with zero attached hydrogens (tertiary/aromatic N) is 3. The molecule has 0 radical (unpaired) electrons. The van der Waals surface area contributed by atoms with E-state index in [2.05, 4.69) is 15.5 Å². The maximum atomic E-state index is 12.1. The Morgan fingerprint density at radius 3 is 2.48 bits per heavy atom. The molecule has 7 heteroatoms. The van der Waals surface area contributed by atoms with Gasteiger partial charge in [-0.3, -0.25) is 4.79 Å². The zero-order valence-corrected chi connectivity index (χ0v) is 16.1. The summed E-state index contributed by atoms with van der Waals surface area (Å²) in [5.74, 6) is 1.74. The average molecular weight is 382 g/mol. The molecule has 0 fully saturated rings. The molecule has 1 amide bonds. The third-order valence-corrected chi connectivity index (χ3v) is 4.97. The summed E-state index contributed by atoms with van der Waals surface area (Å²) in [6.07, 6.45) is -0.244. The van der Waals surface area contributed by atoms with Crippen molar-refractivity contribution in [3.05, 3.63) is 72.1 Å². The number of hydrogen-bond acceptors (Lipinski definition) is 5. The number of nitrogens with one attached hydrogen (secondary N) is 1. The van der Waals surface area contributed by atoms with Crippen LogP contribution in [0.5, 0.6) is 5.75 Å². The summed E-state index contributed by atoms with van der Waals surface area (Å²) in [6, 6.07) is 19.4. The van der Waals surface area contributed by atoms with Gasteiger partial charge in [0, 0.05) is 13.6 Å². The molecule has 1 aromatic heterocycles. The summed E-state index contributed by atoms with van der Waals surface area (Å²) >= 11 is 1.36. The third-order valence-electron chi connectivity index (χ3n) is 3.95. The van der Waals surface area contributed by atoms with E-state index in [0.29, 0.717) is 17.5 Å². The molecule has 0 spiro atoms. The van der Waals surface area contributed by atoms with Crippen LogP contribution in [0.15, 0.2) is 65.8 Å². The molecule has 140 valence electrons. The largest absolute Gasteiger partial charge is 0.483 e. The molecule has 0 saturated heterocycles. The molecule has 0 aliphatic carbocycles. The molecule has 3 aromatic rings. The van der Waals surface area contributed by atoms with Crippen LogP contribution in [0, 0.1) is 0 Å². The highest BCUT2D eigenvalue weighted by Crippen LogP contribution is 2.23. The van der Waals surface area contributed by atoms with Crippen molar-refractivity contribution in [2.45, 2.75) is 24.7 Å². The number of ether oxygens (including phenoxy) is 1. The molecule has 0 bridgehead atoms. The van der Waals surface area contributed by atoms with Crippen molar-refractivity contribution in [2.24, 2.45) is 7.05 Å². The Morgan fingerprint density at radius 1 is 1.11 bits per heavy atom. The van der Waals surface area contributed by atoms with E-state index >= 15 is 0 Å². The normalized spacial score (nSPS) is 11.8.